The van der Waals surface area contributed by atoms with Gasteiger partial charge in [0.25, 0.3) is 0 Å². The highest BCUT2D eigenvalue weighted by molar-refractivity contribution is 6.26. The van der Waals surface area contributed by atoms with Gasteiger partial charge >= 0.3 is 0 Å². The van der Waals surface area contributed by atoms with E-state index in [0.717, 1.165) is 0 Å². The van der Waals surface area contributed by atoms with Gasteiger partial charge < -0.3 is 4.74 Å². The average molecular weight is 216 g/mol. The van der Waals surface area contributed by atoms with Crippen LogP contribution in [0.1, 0.15) is 34.1 Å². The van der Waals surface area contributed by atoms with Crippen LogP contribution in [0, 0.1) is 0 Å². The molecule has 0 heterocycles. The molecule has 3 nitrogen and oxygen atoms in total. The Labute approximate surface area is 93.7 Å². The highest BCUT2D eigenvalue weighted by Crippen LogP contribution is 2.27. The summed E-state index contributed by atoms with van der Waals surface area (Å²) in [6, 6.07) is 6.84. The third kappa shape index (κ3) is 1.36. The van der Waals surface area contributed by atoms with Crippen LogP contribution >= 0.6 is 0 Å². The van der Waals surface area contributed by atoms with E-state index < -0.39 is 0 Å². The zero-order chi connectivity index (χ0) is 11.7. The van der Waals surface area contributed by atoms with Gasteiger partial charge in [0, 0.05) is 16.7 Å². The molecule has 3 heteroatoms. The maximum atomic E-state index is 12.1. The maximum absolute atomic E-state index is 12.1. The quantitative estimate of drug-likeness (QED) is 0.762. The summed E-state index contributed by atoms with van der Waals surface area (Å²) in [6.45, 7) is 1.84. The van der Waals surface area contributed by atoms with E-state index in [4.69, 9.17) is 4.74 Å². The largest absolute Gasteiger partial charge is 0.492 e. The molecule has 1 aliphatic rings. The number of Topliss-reactive ketones (excluding diaryl/α,β-unsaturated/α-hetero) is 2. The van der Waals surface area contributed by atoms with Gasteiger partial charge in [-0.05, 0) is 6.42 Å². The molecule has 1 aliphatic carbocycles. The molecule has 0 bridgehead atoms. The van der Waals surface area contributed by atoms with Crippen molar-refractivity contribution in [3.63, 3.8) is 0 Å². The molecule has 82 valence electrons. The van der Waals surface area contributed by atoms with Crippen molar-refractivity contribution >= 4 is 11.6 Å². The minimum absolute atomic E-state index is 0.102. The molecule has 0 unspecified atom stereocenters. The van der Waals surface area contributed by atoms with E-state index in [1.165, 1.54) is 7.11 Å². The third-order valence-corrected chi connectivity index (χ3v) is 2.73. The summed E-state index contributed by atoms with van der Waals surface area (Å²) in [4.78, 5) is 24.1. The topological polar surface area (TPSA) is 43.4 Å². The molecule has 0 spiro atoms. The summed E-state index contributed by atoms with van der Waals surface area (Å²) in [5, 5.41) is 0. The Bertz CT molecular complexity index is 453. The molecule has 0 saturated heterocycles. The summed E-state index contributed by atoms with van der Waals surface area (Å²) in [5.74, 6) is -0.115. The predicted octanol–water partition coefficient (Wildman–Crippen LogP) is 2.38. The second-order valence-corrected chi connectivity index (χ2v) is 3.57. The van der Waals surface area contributed by atoms with Crippen molar-refractivity contribution in [2.24, 2.45) is 0 Å². The number of ketones is 2. The minimum Gasteiger partial charge on any atom is -0.492 e. The molecule has 16 heavy (non-hydrogen) atoms. The fraction of sp³-hybridized carbons (Fsp3) is 0.231. The van der Waals surface area contributed by atoms with Crippen LogP contribution in [0.5, 0.6) is 0 Å². The number of benzene rings is 1. The lowest BCUT2D eigenvalue weighted by Gasteiger charge is -2.18. The van der Waals surface area contributed by atoms with E-state index in [1.807, 2.05) is 6.92 Å². The third-order valence-electron chi connectivity index (χ3n) is 2.73. The van der Waals surface area contributed by atoms with Gasteiger partial charge in [0.2, 0.25) is 5.78 Å². The number of rotatable bonds is 2. The summed E-state index contributed by atoms with van der Waals surface area (Å²) >= 11 is 0. The molecular formula is C13H12O3. The van der Waals surface area contributed by atoms with Crippen LogP contribution in [0.25, 0.3) is 0 Å². The molecule has 0 radical (unpaired) electrons. The number of carbonyl (C=O) groups is 2. The summed E-state index contributed by atoms with van der Waals surface area (Å²) in [6.07, 6.45) is 0.502. The van der Waals surface area contributed by atoms with Crippen molar-refractivity contribution in [3.05, 3.63) is 46.7 Å². The van der Waals surface area contributed by atoms with Crippen molar-refractivity contribution < 1.29 is 14.3 Å². The van der Waals surface area contributed by atoms with Gasteiger partial charge in [0.05, 0.1) is 7.11 Å². The first-order valence-corrected chi connectivity index (χ1v) is 5.16. The first-order chi connectivity index (χ1) is 7.70. The molecular weight excluding hydrogens is 204 g/mol. The number of hydrogen-bond donors (Lipinski definition) is 0. The normalized spacial score (nSPS) is 15.1. The van der Waals surface area contributed by atoms with Gasteiger partial charge in [-0.2, -0.15) is 0 Å². The minimum atomic E-state index is -0.199. The van der Waals surface area contributed by atoms with Crippen molar-refractivity contribution in [1.29, 1.82) is 0 Å². The van der Waals surface area contributed by atoms with Crippen LogP contribution in [0.15, 0.2) is 35.6 Å². The Morgan fingerprint density at radius 2 is 1.62 bits per heavy atom. The zero-order valence-electron chi connectivity index (χ0n) is 9.24. The van der Waals surface area contributed by atoms with Crippen LogP contribution in [0.4, 0.5) is 0 Å². The molecule has 2 rings (SSSR count). The zero-order valence-corrected chi connectivity index (χ0v) is 9.24. The van der Waals surface area contributed by atoms with Gasteiger partial charge in [-0.15, -0.1) is 0 Å². The van der Waals surface area contributed by atoms with E-state index in [2.05, 4.69) is 0 Å². The Morgan fingerprint density at radius 3 is 2.12 bits per heavy atom. The Kier molecular flexibility index (Phi) is 2.60. The molecule has 0 aromatic heterocycles. The van der Waals surface area contributed by atoms with E-state index in [-0.39, 0.29) is 17.3 Å². The van der Waals surface area contributed by atoms with Crippen molar-refractivity contribution in [3.8, 4) is 0 Å². The molecule has 0 aliphatic heterocycles. The molecule has 0 N–H and O–H groups in total. The molecule has 1 aromatic rings. The van der Waals surface area contributed by atoms with E-state index in [1.54, 1.807) is 24.3 Å². The highest BCUT2D eigenvalue weighted by atomic mass is 16.5. The first-order valence-electron chi connectivity index (χ1n) is 5.16. The van der Waals surface area contributed by atoms with Gasteiger partial charge in [-0.25, -0.2) is 0 Å². The summed E-state index contributed by atoms with van der Waals surface area (Å²) in [5.41, 5.74) is 1.37. The average Bonchev–Trinajstić information content (AvgIpc) is 2.33. The van der Waals surface area contributed by atoms with E-state index in [0.29, 0.717) is 23.1 Å². The monoisotopic (exact) mass is 216 g/mol. The molecule has 0 amide bonds. The molecule has 0 saturated carbocycles. The Balaban J connectivity index is 2.67. The van der Waals surface area contributed by atoms with Crippen LogP contribution in [0.3, 0.4) is 0 Å². The predicted molar refractivity (Wildman–Crippen MR) is 59.4 cm³/mol. The lowest BCUT2D eigenvalue weighted by molar-refractivity contribution is 0.0903. The van der Waals surface area contributed by atoms with Crippen molar-refractivity contribution in [2.45, 2.75) is 13.3 Å². The van der Waals surface area contributed by atoms with E-state index in [9.17, 15) is 9.59 Å². The number of fused-ring (bicyclic) bond motifs is 1. The molecule has 1 aromatic carbocycles. The van der Waals surface area contributed by atoms with E-state index >= 15 is 0 Å². The second kappa shape index (κ2) is 3.93. The van der Waals surface area contributed by atoms with Crippen LogP contribution in [-0.2, 0) is 4.74 Å². The van der Waals surface area contributed by atoms with Crippen LogP contribution < -0.4 is 0 Å². The number of methoxy groups -OCH3 is 1. The lowest BCUT2D eigenvalue weighted by Crippen LogP contribution is -2.22. The van der Waals surface area contributed by atoms with Gasteiger partial charge in [0.15, 0.2) is 11.5 Å². The van der Waals surface area contributed by atoms with Crippen molar-refractivity contribution in [2.75, 3.05) is 7.11 Å². The fourth-order valence-electron chi connectivity index (χ4n) is 1.94. The maximum Gasteiger partial charge on any atom is 0.228 e. The number of allylic oxidation sites excluding steroid dienone is 2. The SMILES string of the molecule is CCC1=C(OC)C(=O)c2ccccc2C1=O. The van der Waals surface area contributed by atoms with Crippen LogP contribution in [-0.4, -0.2) is 18.7 Å². The molecule has 0 fully saturated rings. The van der Waals surface area contributed by atoms with Gasteiger partial charge in [-0.3, -0.25) is 9.59 Å². The number of carbonyl (C=O) groups excluding carboxylic acids is 2. The molecule has 0 atom stereocenters. The number of ether oxygens (including phenoxy) is 1. The van der Waals surface area contributed by atoms with Crippen LogP contribution in [0.2, 0.25) is 0 Å². The number of hydrogen-bond acceptors (Lipinski definition) is 3. The highest BCUT2D eigenvalue weighted by Gasteiger charge is 2.31. The fourth-order valence-corrected chi connectivity index (χ4v) is 1.94. The van der Waals surface area contributed by atoms with Gasteiger partial charge in [0.1, 0.15) is 0 Å². The Morgan fingerprint density at radius 1 is 1.06 bits per heavy atom. The summed E-state index contributed by atoms with van der Waals surface area (Å²) in [7, 11) is 1.42. The lowest BCUT2D eigenvalue weighted by atomic mass is 9.87. The van der Waals surface area contributed by atoms with Gasteiger partial charge in [-0.1, -0.05) is 31.2 Å². The van der Waals surface area contributed by atoms with Crippen molar-refractivity contribution in [1.82, 2.24) is 0 Å². The second-order valence-electron chi connectivity index (χ2n) is 3.57. The standard InChI is InChI=1S/C13H12O3/c1-3-8-11(14)9-6-4-5-7-10(9)12(15)13(8)16-2/h4-7H,3H2,1-2H3. The Hall–Kier alpha value is -1.90. The first kappa shape index (κ1) is 10.6. The smallest absolute Gasteiger partial charge is 0.228 e. The summed E-state index contributed by atoms with van der Waals surface area (Å²) < 4.78 is 5.04.